The number of ether oxygens (including phenoxy) is 1. The van der Waals surface area contributed by atoms with Crippen molar-refractivity contribution in [2.75, 3.05) is 6.61 Å². The molecule has 0 aromatic carbocycles. The maximum absolute atomic E-state index is 12.3. The fourth-order valence-corrected chi connectivity index (χ4v) is 0.592. The number of hydrogen-bond donors (Lipinski definition) is 0. The highest BCUT2D eigenvalue weighted by molar-refractivity contribution is 5.70. The second kappa shape index (κ2) is 4.76. The van der Waals surface area contributed by atoms with E-state index in [9.17, 15) is 26.7 Å². The minimum Gasteiger partial charge on any atom is -0.465 e. The Labute approximate surface area is 83.4 Å². The molecule has 0 amide bonds. The molecular formula is C8H11F5O2. The van der Waals surface area contributed by atoms with Gasteiger partial charge in [-0.1, -0.05) is 13.8 Å². The Kier molecular flexibility index (Phi) is 4.48. The molecule has 0 aromatic rings. The highest BCUT2D eigenvalue weighted by Crippen LogP contribution is 2.38. The van der Waals surface area contributed by atoms with E-state index in [1.165, 1.54) is 0 Å². The van der Waals surface area contributed by atoms with Gasteiger partial charge in [0.2, 0.25) is 0 Å². The summed E-state index contributed by atoms with van der Waals surface area (Å²) in [7, 11) is 0. The predicted molar refractivity (Wildman–Crippen MR) is 41.4 cm³/mol. The molecule has 0 atom stereocenters. The number of alkyl halides is 5. The van der Waals surface area contributed by atoms with Crippen molar-refractivity contribution < 1.29 is 31.5 Å². The van der Waals surface area contributed by atoms with Gasteiger partial charge in [-0.15, -0.1) is 0 Å². The smallest absolute Gasteiger partial charge is 0.453 e. The van der Waals surface area contributed by atoms with Crippen molar-refractivity contribution in [3.8, 4) is 0 Å². The van der Waals surface area contributed by atoms with Crippen LogP contribution in [0.15, 0.2) is 0 Å². The third-order valence-corrected chi connectivity index (χ3v) is 1.36. The first kappa shape index (κ1) is 14.1. The number of hydrogen-bond acceptors (Lipinski definition) is 2. The largest absolute Gasteiger partial charge is 0.465 e. The number of carbonyl (C=O) groups excluding carboxylic acids is 1. The van der Waals surface area contributed by atoms with E-state index in [0.717, 1.165) is 0 Å². The summed E-state index contributed by atoms with van der Waals surface area (Å²) in [5.41, 5.74) is 0. The highest BCUT2D eigenvalue weighted by Gasteiger charge is 2.58. The van der Waals surface area contributed by atoms with Gasteiger partial charge in [-0.25, -0.2) is 0 Å². The lowest BCUT2D eigenvalue weighted by Gasteiger charge is -2.18. The highest BCUT2D eigenvalue weighted by atomic mass is 19.4. The zero-order valence-electron chi connectivity index (χ0n) is 8.20. The van der Waals surface area contributed by atoms with E-state index >= 15 is 0 Å². The van der Waals surface area contributed by atoms with Gasteiger partial charge in [-0.05, 0) is 5.92 Å². The van der Waals surface area contributed by atoms with Gasteiger partial charge in [-0.3, -0.25) is 4.79 Å². The van der Waals surface area contributed by atoms with E-state index < -0.39 is 24.5 Å². The second-order valence-electron chi connectivity index (χ2n) is 3.46. The molecule has 0 bridgehead atoms. The molecule has 0 heterocycles. The fraction of sp³-hybridized carbons (Fsp3) is 0.875. The van der Waals surface area contributed by atoms with Crippen molar-refractivity contribution in [1.82, 2.24) is 0 Å². The van der Waals surface area contributed by atoms with E-state index in [2.05, 4.69) is 4.74 Å². The van der Waals surface area contributed by atoms with Crippen LogP contribution in [-0.4, -0.2) is 24.7 Å². The van der Waals surface area contributed by atoms with E-state index in [-0.39, 0.29) is 12.5 Å². The average molecular weight is 234 g/mol. The molecule has 0 rings (SSSR count). The molecule has 0 N–H and O–H groups in total. The van der Waals surface area contributed by atoms with Gasteiger partial charge >= 0.3 is 18.1 Å². The zero-order valence-corrected chi connectivity index (χ0v) is 8.20. The summed E-state index contributed by atoms with van der Waals surface area (Å²) < 4.78 is 63.7. The van der Waals surface area contributed by atoms with E-state index in [1.54, 1.807) is 13.8 Å². The lowest BCUT2D eigenvalue weighted by Crippen LogP contribution is -2.39. The fourth-order valence-electron chi connectivity index (χ4n) is 0.592. The lowest BCUT2D eigenvalue weighted by atomic mass is 10.2. The maximum atomic E-state index is 12.3. The first-order chi connectivity index (χ1) is 6.56. The quantitative estimate of drug-likeness (QED) is 0.552. The van der Waals surface area contributed by atoms with Gasteiger partial charge < -0.3 is 4.74 Å². The summed E-state index contributed by atoms with van der Waals surface area (Å²) in [6, 6.07) is 0. The van der Waals surface area contributed by atoms with Crippen molar-refractivity contribution in [2.45, 2.75) is 32.4 Å². The van der Waals surface area contributed by atoms with Crippen LogP contribution in [0.3, 0.4) is 0 Å². The standard InChI is InChI=1S/C8H11F5O2/c1-5(2)4-15-6(14)3-7(9,10)8(11,12)13/h5H,3-4H2,1-2H3. The summed E-state index contributed by atoms with van der Waals surface area (Å²) >= 11 is 0. The molecule has 0 unspecified atom stereocenters. The second-order valence-corrected chi connectivity index (χ2v) is 3.46. The van der Waals surface area contributed by atoms with Crippen LogP contribution >= 0.6 is 0 Å². The van der Waals surface area contributed by atoms with Crippen LogP contribution in [0.4, 0.5) is 22.0 Å². The number of carbonyl (C=O) groups is 1. The molecule has 0 aliphatic carbocycles. The molecule has 0 aromatic heterocycles. The topological polar surface area (TPSA) is 26.3 Å². The van der Waals surface area contributed by atoms with Crippen LogP contribution in [0.5, 0.6) is 0 Å². The van der Waals surface area contributed by atoms with Crippen molar-refractivity contribution in [3.63, 3.8) is 0 Å². The van der Waals surface area contributed by atoms with Crippen LogP contribution in [-0.2, 0) is 9.53 Å². The van der Waals surface area contributed by atoms with Crippen molar-refractivity contribution >= 4 is 5.97 Å². The van der Waals surface area contributed by atoms with Crippen molar-refractivity contribution in [3.05, 3.63) is 0 Å². The van der Waals surface area contributed by atoms with Gasteiger partial charge in [0.1, 0.15) is 6.42 Å². The molecule has 0 fully saturated rings. The van der Waals surface area contributed by atoms with Gasteiger partial charge in [0, 0.05) is 0 Å². The Balaban J connectivity index is 4.17. The van der Waals surface area contributed by atoms with Crippen LogP contribution in [0, 0.1) is 5.92 Å². The van der Waals surface area contributed by atoms with E-state index in [0.29, 0.717) is 0 Å². The van der Waals surface area contributed by atoms with E-state index in [4.69, 9.17) is 0 Å². The van der Waals surface area contributed by atoms with Gasteiger partial charge in [-0.2, -0.15) is 22.0 Å². The summed E-state index contributed by atoms with van der Waals surface area (Å²) in [6.45, 7) is 3.09. The normalized spacial score (nSPS) is 13.1. The molecule has 0 aliphatic heterocycles. The molecule has 7 heteroatoms. The van der Waals surface area contributed by atoms with Gasteiger partial charge in [0.15, 0.2) is 0 Å². The Morgan fingerprint density at radius 2 is 1.67 bits per heavy atom. The molecule has 0 aliphatic rings. The summed E-state index contributed by atoms with van der Waals surface area (Å²) in [5, 5.41) is 0. The first-order valence-corrected chi connectivity index (χ1v) is 4.16. The molecule has 15 heavy (non-hydrogen) atoms. The summed E-state index contributed by atoms with van der Waals surface area (Å²) in [6.07, 6.45) is -7.69. The number of halogens is 5. The summed E-state index contributed by atoms with van der Waals surface area (Å²) in [4.78, 5) is 10.6. The third-order valence-electron chi connectivity index (χ3n) is 1.36. The van der Waals surface area contributed by atoms with Crippen LogP contribution in [0.25, 0.3) is 0 Å². The van der Waals surface area contributed by atoms with E-state index in [1.807, 2.05) is 0 Å². The monoisotopic (exact) mass is 234 g/mol. The number of rotatable bonds is 4. The molecule has 90 valence electrons. The van der Waals surface area contributed by atoms with Crippen molar-refractivity contribution in [1.29, 1.82) is 0 Å². The molecule has 0 saturated heterocycles. The predicted octanol–water partition coefficient (Wildman–Crippen LogP) is 2.77. The minimum atomic E-state index is -5.72. The molecule has 0 saturated carbocycles. The molecule has 0 radical (unpaired) electrons. The first-order valence-electron chi connectivity index (χ1n) is 4.16. The molecular weight excluding hydrogens is 223 g/mol. The third kappa shape index (κ3) is 4.94. The van der Waals surface area contributed by atoms with Crippen molar-refractivity contribution in [2.24, 2.45) is 5.92 Å². The SMILES string of the molecule is CC(C)COC(=O)CC(F)(F)C(F)(F)F. The summed E-state index contributed by atoms with van der Waals surface area (Å²) in [5.74, 6) is -6.69. The Morgan fingerprint density at radius 3 is 2.00 bits per heavy atom. The lowest BCUT2D eigenvalue weighted by molar-refractivity contribution is -0.284. The van der Waals surface area contributed by atoms with Crippen LogP contribution in [0.2, 0.25) is 0 Å². The molecule has 2 nitrogen and oxygen atoms in total. The Bertz CT molecular complexity index is 222. The minimum absolute atomic E-state index is 0.117. The van der Waals surface area contributed by atoms with Crippen LogP contribution < -0.4 is 0 Å². The maximum Gasteiger partial charge on any atom is 0.453 e. The van der Waals surface area contributed by atoms with Crippen LogP contribution in [0.1, 0.15) is 20.3 Å². The zero-order chi connectivity index (χ0) is 12.3. The Morgan fingerprint density at radius 1 is 1.20 bits per heavy atom. The number of esters is 1. The average Bonchev–Trinajstić information content (AvgIpc) is 1.97. The van der Waals surface area contributed by atoms with Gasteiger partial charge in [0.05, 0.1) is 6.61 Å². The van der Waals surface area contributed by atoms with Gasteiger partial charge in [0.25, 0.3) is 0 Å². The Hall–Kier alpha value is -0.880. The molecule has 0 spiro atoms.